The average molecular weight is 273 g/mol. The monoisotopic (exact) mass is 273 g/mol. The van der Waals surface area contributed by atoms with E-state index < -0.39 is 0 Å². The maximum atomic E-state index is 5.39. The fourth-order valence-electron chi connectivity index (χ4n) is 3.88. The maximum Gasteiger partial charge on any atom is 0.119 e. The van der Waals surface area contributed by atoms with Crippen LogP contribution in [0.1, 0.15) is 62.1 Å². The minimum absolute atomic E-state index is 0.537. The molecule has 20 heavy (non-hydrogen) atoms. The van der Waals surface area contributed by atoms with Crippen LogP contribution in [-0.2, 0) is 6.42 Å². The molecule has 1 aromatic carbocycles. The fourth-order valence-corrected chi connectivity index (χ4v) is 3.88. The van der Waals surface area contributed by atoms with Gasteiger partial charge in [-0.15, -0.1) is 0 Å². The number of hydrogen-bond acceptors (Lipinski definition) is 2. The molecule has 0 bridgehead atoms. The van der Waals surface area contributed by atoms with E-state index in [1.165, 1.54) is 69.0 Å². The molecule has 1 atom stereocenters. The zero-order chi connectivity index (χ0) is 13.8. The van der Waals surface area contributed by atoms with E-state index in [0.717, 1.165) is 11.7 Å². The molecule has 0 saturated heterocycles. The van der Waals surface area contributed by atoms with Crippen LogP contribution in [0.5, 0.6) is 5.75 Å². The molecule has 2 nitrogen and oxygen atoms in total. The van der Waals surface area contributed by atoms with Gasteiger partial charge in [0, 0.05) is 6.04 Å². The standard InChI is InChI=1S/C18H27NO/c1-20-16-10-9-15-7-4-8-18(17(15)13-16)19-12-11-14-5-2-3-6-14/h9-10,13-14,18-19H,2-8,11-12H2,1H3. The molecule has 2 aliphatic carbocycles. The second kappa shape index (κ2) is 6.62. The van der Waals surface area contributed by atoms with E-state index in [-0.39, 0.29) is 0 Å². The highest BCUT2D eigenvalue weighted by Crippen LogP contribution is 2.33. The van der Waals surface area contributed by atoms with Crippen molar-refractivity contribution in [3.8, 4) is 5.75 Å². The van der Waals surface area contributed by atoms with Crippen molar-refractivity contribution in [1.29, 1.82) is 0 Å². The largest absolute Gasteiger partial charge is 0.497 e. The Hall–Kier alpha value is -1.02. The predicted molar refractivity (Wildman–Crippen MR) is 83.3 cm³/mol. The van der Waals surface area contributed by atoms with Gasteiger partial charge < -0.3 is 10.1 Å². The Labute approximate surface area is 122 Å². The molecule has 3 rings (SSSR count). The van der Waals surface area contributed by atoms with Gasteiger partial charge in [0.2, 0.25) is 0 Å². The average Bonchev–Trinajstić information content (AvgIpc) is 3.00. The van der Waals surface area contributed by atoms with Crippen molar-refractivity contribution < 1.29 is 4.74 Å². The molecule has 0 spiro atoms. The number of ether oxygens (including phenoxy) is 1. The van der Waals surface area contributed by atoms with Crippen molar-refractivity contribution in [2.45, 2.75) is 57.4 Å². The van der Waals surface area contributed by atoms with Gasteiger partial charge in [0.25, 0.3) is 0 Å². The van der Waals surface area contributed by atoms with Crippen molar-refractivity contribution in [3.05, 3.63) is 29.3 Å². The topological polar surface area (TPSA) is 21.3 Å². The van der Waals surface area contributed by atoms with Crippen LogP contribution in [0.2, 0.25) is 0 Å². The van der Waals surface area contributed by atoms with E-state index in [9.17, 15) is 0 Å². The van der Waals surface area contributed by atoms with Gasteiger partial charge in [-0.05, 0) is 61.4 Å². The summed E-state index contributed by atoms with van der Waals surface area (Å²) in [5.74, 6) is 1.98. The minimum atomic E-state index is 0.537. The first kappa shape index (κ1) is 13.9. The van der Waals surface area contributed by atoms with Gasteiger partial charge in [-0.2, -0.15) is 0 Å². The Balaban J connectivity index is 1.60. The molecule has 2 heteroatoms. The SMILES string of the molecule is COc1ccc2c(c1)C(NCCC1CCCC1)CCC2. The van der Waals surface area contributed by atoms with Gasteiger partial charge in [-0.3, -0.25) is 0 Å². The highest BCUT2D eigenvalue weighted by Gasteiger charge is 2.21. The van der Waals surface area contributed by atoms with Crippen molar-refractivity contribution in [2.75, 3.05) is 13.7 Å². The summed E-state index contributed by atoms with van der Waals surface area (Å²) in [6.07, 6.45) is 11.0. The predicted octanol–water partition coefficient (Wildman–Crippen LogP) is 4.24. The number of fused-ring (bicyclic) bond motifs is 1. The first-order valence-corrected chi connectivity index (χ1v) is 8.27. The van der Waals surface area contributed by atoms with E-state index in [1.54, 1.807) is 7.11 Å². The van der Waals surface area contributed by atoms with Crippen LogP contribution in [0.4, 0.5) is 0 Å². The van der Waals surface area contributed by atoms with E-state index in [4.69, 9.17) is 4.74 Å². The summed E-state index contributed by atoms with van der Waals surface area (Å²) in [5, 5.41) is 3.80. The summed E-state index contributed by atoms with van der Waals surface area (Å²) in [6, 6.07) is 7.12. The second-order valence-corrected chi connectivity index (χ2v) is 6.40. The van der Waals surface area contributed by atoms with Crippen molar-refractivity contribution in [2.24, 2.45) is 5.92 Å². The molecule has 0 heterocycles. The zero-order valence-corrected chi connectivity index (χ0v) is 12.7. The molecule has 1 unspecified atom stereocenters. The normalized spacial score (nSPS) is 22.8. The molecular formula is C18H27NO. The quantitative estimate of drug-likeness (QED) is 0.866. The number of methoxy groups -OCH3 is 1. The smallest absolute Gasteiger partial charge is 0.119 e. The van der Waals surface area contributed by atoms with Gasteiger partial charge in [-0.25, -0.2) is 0 Å². The highest BCUT2D eigenvalue weighted by molar-refractivity contribution is 5.39. The lowest BCUT2D eigenvalue weighted by Crippen LogP contribution is -2.27. The number of hydrogen-bond donors (Lipinski definition) is 1. The van der Waals surface area contributed by atoms with E-state index >= 15 is 0 Å². The highest BCUT2D eigenvalue weighted by atomic mass is 16.5. The third-order valence-electron chi connectivity index (χ3n) is 5.09. The van der Waals surface area contributed by atoms with Crippen LogP contribution < -0.4 is 10.1 Å². The summed E-state index contributed by atoms with van der Waals surface area (Å²) < 4.78 is 5.39. The summed E-state index contributed by atoms with van der Waals surface area (Å²) in [4.78, 5) is 0. The number of benzene rings is 1. The van der Waals surface area contributed by atoms with Crippen LogP contribution in [-0.4, -0.2) is 13.7 Å². The molecular weight excluding hydrogens is 246 g/mol. The minimum Gasteiger partial charge on any atom is -0.497 e. The van der Waals surface area contributed by atoms with Crippen LogP contribution in [0.15, 0.2) is 18.2 Å². The van der Waals surface area contributed by atoms with Crippen molar-refractivity contribution >= 4 is 0 Å². The molecule has 0 aromatic heterocycles. The first-order valence-electron chi connectivity index (χ1n) is 8.27. The zero-order valence-electron chi connectivity index (χ0n) is 12.7. The molecule has 2 aliphatic rings. The molecule has 0 aliphatic heterocycles. The van der Waals surface area contributed by atoms with E-state index in [2.05, 4.69) is 23.5 Å². The van der Waals surface area contributed by atoms with Crippen LogP contribution in [0.25, 0.3) is 0 Å². The van der Waals surface area contributed by atoms with Crippen LogP contribution in [0, 0.1) is 5.92 Å². The molecule has 110 valence electrons. The summed E-state index contributed by atoms with van der Waals surface area (Å²) in [7, 11) is 1.76. The maximum absolute atomic E-state index is 5.39. The molecule has 1 saturated carbocycles. The summed E-state index contributed by atoms with van der Waals surface area (Å²) in [5.41, 5.74) is 2.98. The van der Waals surface area contributed by atoms with Gasteiger partial charge in [-0.1, -0.05) is 31.7 Å². The van der Waals surface area contributed by atoms with Gasteiger partial charge >= 0.3 is 0 Å². The van der Waals surface area contributed by atoms with Crippen LogP contribution >= 0.6 is 0 Å². The third kappa shape index (κ3) is 3.17. The Morgan fingerprint density at radius 2 is 2.00 bits per heavy atom. The second-order valence-electron chi connectivity index (χ2n) is 6.40. The molecule has 0 radical (unpaired) electrons. The fraction of sp³-hybridized carbons (Fsp3) is 0.667. The van der Waals surface area contributed by atoms with Crippen molar-refractivity contribution in [3.63, 3.8) is 0 Å². The van der Waals surface area contributed by atoms with E-state index in [0.29, 0.717) is 6.04 Å². The molecule has 1 N–H and O–H groups in total. The third-order valence-corrected chi connectivity index (χ3v) is 5.09. The van der Waals surface area contributed by atoms with Crippen LogP contribution in [0.3, 0.4) is 0 Å². The molecule has 1 fully saturated rings. The summed E-state index contributed by atoms with van der Waals surface area (Å²) in [6.45, 7) is 1.17. The lowest BCUT2D eigenvalue weighted by molar-refractivity contribution is 0.401. The molecule has 1 aromatic rings. The Kier molecular flexibility index (Phi) is 4.62. The number of aryl methyl sites for hydroxylation is 1. The first-order chi connectivity index (χ1) is 9.86. The van der Waals surface area contributed by atoms with Gasteiger partial charge in [0.05, 0.1) is 7.11 Å². The lowest BCUT2D eigenvalue weighted by Gasteiger charge is -2.27. The Bertz CT molecular complexity index is 437. The van der Waals surface area contributed by atoms with E-state index in [1.807, 2.05) is 0 Å². The summed E-state index contributed by atoms with van der Waals surface area (Å²) >= 11 is 0. The molecule has 0 amide bonds. The Morgan fingerprint density at radius 3 is 2.80 bits per heavy atom. The number of nitrogens with one attached hydrogen (secondary N) is 1. The van der Waals surface area contributed by atoms with Gasteiger partial charge in [0.1, 0.15) is 5.75 Å². The van der Waals surface area contributed by atoms with Crippen molar-refractivity contribution in [1.82, 2.24) is 5.32 Å². The van der Waals surface area contributed by atoms with Gasteiger partial charge in [0.15, 0.2) is 0 Å². The number of rotatable bonds is 5. The Morgan fingerprint density at radius 1 is 1.15 bits per heavy atom. The lowest BCUT2D eigenvalue weighted by atomic mass is 9.87.